The molecular formula is C15H27. The van der Waals surface area contributed by atoms with Crippen LogP contribution < -0.4 is 0 Å². The van der Waals surface area contributed by atoms with E-state index in [4.69, 9.17) is 6.58 Å². The monoisotopic (exact) mass is 207 g/mol. The molecule has 0 rings (SSSR count). The Bertz CT molecular complexity index is 144. The quantitative estimate of drug-likeness (QED) is 0.312. The minimum absolute atomic E-state index is 1.18. The zero-order valence-corrected chi connectivity index (χ0v) is 10.4. The molecule has 87 valence electrons. The molecule has 0 heterocycles. The van der Waals surface area contributed by atoms with Gasteiger partial charge in [-0.3, -0.25) is 0 Å². The first kappa shape index (κ1) is 14.5. The van der Waals surface area contributed by atoms with E-state index in [0.29, 0.717) is 0 Å². The van der Waals surface area contributed by atoms with Crippen LogP contribution in [0.2, 0.25) is 0 Å². The molecule has 0 atom stereocenters. The van der Waals surface area contributed by atoms with Gasteiger partial charge in [-0.05, 0) is 12.8 Å². The van der Waals surface area contributed by atoms with Crippen LogP contribution in [0, 0.1) is 6.58 Å². The first-order chi connectivity index (χ1) is 7.41. The van der Waals surface area contributed by atoms with E-state index in [-0.39, 0.29) is 0 Å². The van der Waals surface area contributed by atoms with Crippen molar-refractivity contribution in [2.75, 3.05) is 0 Å². The summed E-state index contributed by atoms with van der Waals surface area (Å²) >= 11 is 0. The predicted octanol–water partition coefficient (Wildman–Crippen LogP) is 5.45. The summed E-state index contributed by atoms with van der Waals surface area (Å²) in [6, 6.07) is 0. The van der Waals surface area contributed by atoms with Crippen molar-refractivity contribution in [3.05, 3.63) is 24.8 Å². The Kier molecular flexibility index (Phi) is 13.0. The van der Waals surface area contributed by atoms with E-state index in [9.17, 15) is 0 Å². The molecule has 0 fully saturated rings. The highest BCUT2D eigenvalue weighted by atomic mass is 14.0. The minimum Gasteiger partial charge on any atom is -0.0845 e. The molecule has 0 saturated heterocycles. The lowest BCUT2D eigenvalue weighted by atomic mass is 10.1. The maximum Gasteiger partial charge on any atom is -0.0348 e. The molecule has 1 radical (unpaired) electrons. The predicted molar refractivity (Wildman–Crippen MR) is 69.9 cm³/mol. The van der Waals surface area contributed by atoms with Crippen LogP contribution in [-0.4, -0.2) is 0 Å². The van der Waals surface area contributed by atoms with Crippen LogP contribution in [-0.2, 0) is 0 Å². The maximum atomic E-state index is 5.24. The van der Waals surface area contributed by atoms with Crippen LogP contribution in [0.25, 0.3) is 0 Å². The lowest BCUT2D eigenvalue weighted by molar-refractivity contribution is 0.566. The molecule has 15 heavy (non-hydrogen) atoms. The summed E-state index contributed by atoms with van der Waals surface area (Å²) in [5, 5.41) is 0. The molecule has 0 aliphatic heterocycles. The van der Waals surface area contributed by atoms with E-state index in [1.807, 2.05) is 6.08 Å². The second-order valence-corrected chi connectivity index (χ2v) is 4.24. The largest absolute Gasteiger partial charge is 0.0845 e. The standard InChI is InChI=1S/C15H27/c1-3-5-7-9-11-13-15-14-12-10-8-6-4-2/h1,3,5,7H,4,6,8-15H2,2H3. The smallest absolute Gasteiger partial charge is 0.0348 e. The molecule has 0 amide bonds. The normalized spacial score (nSPS) is 11.0. The van der Waals surface area contributed by atoms with Gasteiger partial charge in [0, 0.05) is 0 Å². The molecule has 0 heteroatoms. The molecule has 0 bridgehead atoms. The summed E-state index contributed by atoms with van der Waals surface area (Å²) in [6.45, 7) is 7.51. The van der Waals surface area contributed by atoms with Gasteiger partial charge in [0.15, 0.2) is 0 Å². The van der Waals surface area contributed by atoms with Crippen molar-refractivity contribution in [1.29, 1.82) is 0 Å². The van der Waals surface area contributed by atoms with Gasteiger partial charge in [0.05, 0.1) is 0 Å². The Balaban J connectivity index is 2.92. The van der Waals surface area contributed by atoms with Crippen LogP contribution in [0.15, 0.2) is 18.2 Å². The van der Waals surface area contributed by atoms with E-state index < -0.39 is 0 Å². The van der Waals surface area contributed by atoms with Crippen molar-refractivity contribution in [3.63, 3.8) is 0 Å². The van der Waals surface area contributed by atoms with Gasteiger partial charge in [0.1, 0.15) is 0 Å². The van der Waals surface area contributed by atoms with Crippen LogP contribution in [0.3, 0.4) is 0 Å². The highest BCUT2D eigenvalue weighted by Gasteiger charge is 1.90. The van der Waals surface area contributed by atoms with Gasteiger partial charge in [0.2, 0.25) is 0 Å². The average Bonchev–Trinajstić information content (AvgIpc) is 2.26. The maximum absolute atomic E-state index is 5.24. The van der Waals surface area contributed by atoms with Gasteiger partial charge >= 0.3 is 0 Å². The highest BCUT2D eigenvalue weighted by molar-refractivity contribution is 4.95. The highest BCUT2D eigenvalue weighted by Crippen LogP contribution is 2.10. The molecule has 0 aliphatic carbocycles. The lowest BCUT2D eigenvalue weighted by Gasteiger charge is -2.00. The first-order valence-electron chi connectivity index (χ1n) is 6.62. The first-order valence-corrected chi connectivity index (χ1v) is 6.62. The minimum atomic E-state index is 1.18. The zero-order chi connectivity index (χ0) is 11.2. The summed E-state index contributed by atoms with van der Waals surface area (Å²) in [6.07, 6.45) is 19.5. The Hall–Kier alpha value is -0.520. The van der Waals surface area contributed by atoms with Crippen molar-refractivity contribution in [1.82, 2.24) is 0 Å². The van der Waals surface area contributed by atoms with E-state index in [0.717, 1.165) is 0 Å². The van der Waals surface area contributed by atoms with Gasteiger partial charge < -0.3 is 0 Å². The van der Waals surface area contributed by atoms with Crippen LogP contribution in [0.1, 0.15) is 71.1 Å². The number of allylic oxidation sites excluding steroid dienone is 3. The molecule has 0 nitrogen and oxygen atoms in total. The number of hydrogen-bond acceptors (Lipinski definition) is 0. The third-order valence-electron chi connectivity index (χ3n) is 2.72. The van der Waals surface area contributed by atoms with Gasteiger partial charge in [-0.2, -0.15) is 0 Å². The molecular weight excluding hydrogens is 180 g/mol. The van der Waals surface area contributed by atoms with Crippen molar-refractivity contribution in [3.8, 4) is 0 Å². The van der Waals surface area contributed by atoms with Crippen molar-refractivity contribution in [2.24, 2.45) is 0 Å². The fraction of sp³-hybridized carbons (Fsp3) is 0.733. The second-order valence-electron chi connectivity index (χ2n) is 4.24. The average molecular weight is 207 g/mol. The molecule has 0 unspecified atom stereocenters. The van der Waals surface area contributed by atoms with E-state index in [2.05, 4.69) is 13.0 Å². The molecule has 0 aromatic heterocycles. The van der Waals surface area contributed by atoms with Gasteiger partial charge in [-0.1, -0.05) is 83.1 Å². The number of hydrogen-bond donors (Lipinski definition) is 0. The SMILES string of the molecule is [CH]=CC=CCCCCCCCCCCC. The van der Waals surface area contributed by atoms with Crippen LogP contribution in [0.4, 0.5) is 0 Å². The molecule has 0 aromatic carbocycles. The van der Waals surface area contributed by atoms with Gasteiger partial charge in [0.25, 0.3) is 0 Å². The van der Waals surface area contributed by atoms with Crippen molar-refractivity contribution < 1.29 is 0 Å². The molecule has 0 aliphatic rings. The Morgan fingerprint density at radius 3 is 1.87 bits per heavy atom. The fourth-order valence-corrected chi connectivity index (χ4v) is 1.75. The topological polar surface area (TPSA) is 0 Å². The Labute approximate surface area is 96.5 Å². The fourth-order valence-electron chi connectivity index (χ4n) is 1.75. The Morgan fingerprint density at radius 1 is 0.800 bits per heavy atom. The van der Waals surface area contributed by atoms with Gasteiger partial charge in [-0.15, -0.1) is 0 Å². The Morgan fingerprint density at radius 2 is 1.33 bits per heavy atom. The molecule has 0 spiro atoms. The number of unbranched alkanes of at least 4 members (excludes halogenated alkanes) is 9. The zero-order valence-electron chi connectivity index (χ0n) is 10.4. The van der Waals surface area contributed by atoms with E-state index in [1.165, 1.54) is 64.2 Å². The van der Waals surface area contributed by atoms with Crippen LogP contribution >= 0.6 is 0 Å². The lowest BCUT2D eigenvalue weighted by Crippen LogP contribution is -1.80. The van der Waals surface area contributed by atoms with E-state index in [1.54, 1.807) is 6.08 Å². The van der Waals surface area contributed by atoms with Crippen LogP contribution in [0.5, 0.6) is 0 Å². The van der Waals surface area contributed by atoms with E-state index >= 15 is 0 Å². The molecule has 0 N–H and O–H groups in total. The summed E-state index contributed by atoms with van der Waals surface area (Å²) in [4.78, 5) is 0. The number of rotatable bonds is 11. The van der Waals surface area contributed by atoms with Crippen molar-refractivity contribution >= 4 is 0 Å². The molecule has 0 saturated carbocycles. The third-order valence-corrected chi connectivity index (χ3v) is 2.72. The second kappa shape index (κ2) is 13.5. The van der Waals surface area contributed by atoms with Gasteiger partial charge in [-0.25, -0.2) is 0 Å². The summed E-state index contributed by atoms with van der Waals surface area (Å²) in [5.41, 5.74) is 0. The van der Waals surface area contributed by atoms with Crippen molar-refractivity contribution in [2.45, 2.75) is 71.1 Å². The summed E-state index contributed by atoms with van der Waals surface area (Å²) in [5.74, 6) is 0. The molecule has 0 aromatic rings. The summed E-state index contributed by atoms with van der Waals surface area (Å²) < 4.78 is 0. The third kappa shape index (κ3) is 13.5. The summed E-state index contributed by atoms with van der Waals surface area (Å²) in [7, 11) is 0.